The first-order valence-electron chi connectivity index (χ1n) is 2.62. The molecule has 0 spiro atoms. The van der Waals surface area contributed by atoms with E-state index < -0.39 is 22.3 Å². The predicted octanol–water partition coefficient (Wildman–Crippen LogP) is 1.25. The van der Waals surface area contributed by atoms with Gasteiger partial charge in [0.05, 0.1) is 11.0 Å². The number of halogens is 2. The molecule has 0 N–H and O–H groups in total. The van der Waals surface area contributed by atoms with Gasteiger partial charge in [-0.3, -0.25) is 4.21 Å². The van der Waals surface area contributed by atoms with Crippen molar-refractivity contribution in [1.29, 1.82) is 0 Å². The van der Waals surface area contributed by atoms with Gasteiger partial charge in [-0.15, -0.1) is 23.2 Å². The summed E-state index contributed by atoms with van der Waals surface area (Å²) in [5.74, 6) is 0. The summed E-state index contributed by atoms with van der Waals surface area (Å²) in [7, 11) is 0. The summed E-state index contributed by atoms with van der Waals surface area (Å²) in [5.41, 5.74) is -1.21. The van der Waals surface area contributed by atoms with Crippen LogP contribution in [0, 0.1) is 0 Å². The highest BCUT2D eigenvalue weighted by Gasteiger charge is 2.16. The Hall–Kier alpha value is 0.650. The largest absolute Gasteiger partial charge is 0.760 e. The van der Waals surface area contributed by atoms with Crippen LogP contribution in [0.1, 0.15) is 13.8 Å². The van der Waals surface area contributed by atoms with Gasteiger partial charge in [0.1, 0.15) is 0 Å². The van der Waals surface area contributed by atoms with Gasteiger partial charge >= 0.3 is 0 Å². The lowest BCUT2D eigenvalue weighted by Crippen LogP contribution is -2.35. The van der Waals surface area contributed by atoms with Crippen LogP contribution >= 0.6 is 23.2 Å². The Bertz CT molecular complexity index is 122. The normalized spacial score (nSPS) is 20.6. The van der Waals surface area contributed by atoms with E-state index in [9.17, 15) is 8.76 Å². The molecule has 0 heterocycles. The van der Waals surface area contributed by atoms with Gasteiger partial charge in [-0.2, -0.15) is 0 Å². The van der Waals surface area contributed by atoms with Crippen LogP contribution < -0.4 is 0 Å². The summed E-state index contributed by atoms with van der Waals surface area (Å²) in [6, 6.07) is 0. The van der Waals surface area contributed by atoms with Crippen LogP contribution in [0.2, 0.25) is 0 Å². The molecule has 0 aliphatic carbocycles. The third-order valence-electron chi connectivity index (χ3n) is 0.873. The molecule has 3 atom stereocenters. The minimum atomic E-state index is -2.34. The van der Waals surface area contributed by atoms with Gasteiger partial charge in [-0.25, -0.2) is 4.31 Å². The number of hydrogen-bond donors (Lipinski definition) is 0. The summed E-state index contributed by atoms with van der Waals surface area (Å²) in [6.45, 7) is 3.08. The zero-order chi connectivity index (χ0) is 8.31. The predicted molar refractivity (Wildman–Crippen MR) is 41.4 cm³/mol. The molecule has 6 heteroatoms. The third-order valence-corrected chi connectivity index (χ3v) is 2.50. The van der Waals surface area contributed by atoms with Crippen molar-refractivity contribution in [3.8, 4) is 0 Å². The SMILES string of the molecule is CC(Cl)N(C(C)Cl)S(=O)[O-]. The topological polar surface area (TPSA) is 43.4 Å². The molecule has 0 radical (unpaired) electrons. The number of hydrogen-bond acceptors (Lipinski definition) is 2. The summed E-state index contributed by atoms with van der Waals surface area (Å²) in [6.07, 6.45) is 0. The maximum absolute atomic E-state index is 10.3. The van der Waals surface area contributed by atoms with Crippen molar-refractivity contribution in [1.82, 2.24) is 4.31 Å². The van der Waals surface area contributed by atoms with Gasteiger partial charge in [0.15, 0.2) is 0 Å². The van der Waals surface area contributed by atoms with Gasteiger partial charge in [0.2, 0.25) is 0 Å². The van der Waals surface area contributed by atoms with Crippen LogP contribution in [0.25, 0.3) is 0 Å². The smallest absolute Gasteiger partial charge is 0.0944 e. The van der Waals surface area contributed by atoms with Crippen molar-refractivity contribution in [3.05, 3.63) is 0 Å². The second-order valence-corrected chi connectivity index (χ2v) is 3.84. The van der Waals surface area contributed by atoms with Crippen LogP contribution in [-0.4, -0.2) is 24.1 Å². The Balaban J connectivity index is 4.12. The molecule has 0 aromatic rings. The first-order chi connectivity index (χ1) is 4.46. The van der Waals surface area contributed by atoms with Crippen LogP contribution in [0.5, 0.6) is 0 Å². The maximum atomic E-state index is 10.3. The number of alkyl halides is 2. The van der Waals surface area contributed by atoms with Crippen LogP contribution in [0.15, 0.2) is 0 Å². The maximum Gasteiger partial charge on any atom is 0.0944 e. The summed E-state index contributed by atoms with van der Waals surface area (Å²) in [5, 5.41) is 0. The van der Waals surface area contributed by atoms with E-state index in [-0.39, 0.29) is 0 Å². The first kappa shape index (κ1) is 10.7. The molecule has 0 aromatic heterocycles. The molecule has 0 saturated carbocycles. The summed E-state index contributed by atoms with van der Waals surface area (Å²) in [4.78, 5) is 0. The van der Waals surface area contributed by atoms with Gasteiger partial charge in [-0.05, 0) is 13.8 Å². The Morgan fingerprint density at radius 3 is 1.70 bits per heavy atom. The Labute approximate surface area is 72.7 Å². The van der Waals surface area contributed by atoms with Crippen molar-refractivity contribution in [3.63, 3.8) is 0 Å². The minimum Gasteiger partial charge on any atom is -0.760 e. The van der Waals surface area contributed by atoms with Gasteiger partial charge in [-0.1, -0.05) is 0 Å². The molecule has 62 valence electrons. The average molecular weight is 205 g/mol. The fourth-order valence-corrected chi connectivity index (χ4v) is 1.78. The molecule has 0 fully saturated rings. The summed E-state index contributed by atoms with van der Waals surface area (Å²) >= 11 is 8.62. The van der Waals surface area contributed by atoms with E-state index in [0.29, 0.717) is 0 Å². The molecule has 0 aliphatic rings. The van der Waals surface area contributed by atoms with Gasteiger partial charge < -0.3 is 4.55 Å². The monoisotopic (exact) mass is 204 g/mol. The van der Waals surface area contributed by atoms with Crippen LogP contribution in [0.4, 0.5) is 0 Å². The molecule has 0 aromatic carbocycles. The van der Waals surface area contributed by atoms with E-state index in [4.69, 9.17) is 23.2 Å². The highest BCUT2D eigenvalue weighted by Crippen LogP contribution is 2.13. The zero-order valence-corrected chi connectivity index (χ0v) is 7.91. The van der Waals surface area contributed by atoms with Crippen LogP contribution in [0.3, 0.4) is 0 Å². The molecular weight excluding hydrogens is 197 g/mol. The van der Waals surface area contributed by atoms with Crippen molar-refractivity contribution >= 4 is 34.5 Å². The Morgan fingerprint density at radius 2 is 1.70 bits per heavy atom. The number of nitrogens with zero attached hydrogens (tertiary/aromatic N) is 1. The lowest BCUT2D eigenvalue weighted by Gasteiger charge is -2.28. The van der Waals surface area contributed by atoms with E-state index in [1.165, 1.54) is 13.8 Å². The molecular formula is C4H8Cl2NO2S-. The average Bonchev–Trinajstić information content (AvgIpc) is 1.59. The van der Waals surface area contributed by atoms with Crippen LogP contribution in [-0.2, 0) is 11.3 Å². The Morgan fingerprint density at radius 1 is 1.40 bits per heavy atom. The molecule has 0 rings (SSSR count). The van der Waals surface area contributed by atoms with Gasteiger partial charge in [0.25, 0.3) is 0 Å². The zero-order valence-electron chi connectivity index (χ0n) is 5.58. The third kappa shape index (κ3) is 3.16. The van der Waals surface area contributed by atoms with Crippen molar-refractivity contribution in [2.45, 2.75) is 24.8 Å². The fourth-order valence-electron chi connectivity index (χ4n) is 0.520. The Kier molecular flexibility index (Phi) is 4.81. The standard InChI is InChI=1S/C4H9Cl2NO2S/c1-3(5)7(4(2)6)10(8)9/h3-4H,1-2H3,(H,8,9)/p-1. The number of rotatable bonds is 3. The highest BCUT2D eigenvalue weighted by molar-refractivity contribution is 7.76. The van der Waals surface area contributed by atoms with Gasteiger partial charge in [0, 0.05) is 11.3 Å². The molecule has 3 unspecified atom stereocenters. The lowest BCUT2D eigenvalue weighted by atomic mass is 10.6. The molecule has 0 aliphatic heterocycles. The second-order valence-electron chi connectivity index (χ2n) is 1.73. The van der Waals surface area contributed by atoms with E-state index >= 15 is 0 Å². The molecule has 3 nitrogen and oxygen atoms in total. The van der Waals surface area contributed by atoms with E-state index in [1.54, 1.807) is 0 Å². The van der Waals surface area contributed by atoms with E-state index in [1.807, 2.05) is 0 Å². The molecule has 0 amide bonds. The van der Waals surface area contributed by atoms with Crippen molar-refractivity contribution < 1.29 is 8.76 Å². The lowest BCUT2D eigenvalue weighted by molar-refractivity contribution is 0.371. The molecule has 10 heavy (non-hydrogen) atoms. The minimum absolute atomic E-state index is 0.606. The van der Waals surface area contributed by atoms with E-state index in [2.05, 4.69) is 0 Å². The quantitative estimate of drug-likeness (QED) is 0.395. The van der Waals surface area contributed by atoms with E-state index in [0.717, 1.165) is 4.31 Å². The highest BCUT2D eigenvalue weighted by atomic mass is 35.5. The molecule has 0 saturated heterocycles. The second kappa shape index (κ2) is 4.51. The fraction of sp³-hybridized carbons (Fsp3) is 1.00. The summed E-state index contributed by atoms with van der Waals surface area (Å²) < 4.78 is 21.6. The first-order valence-corrected chi connectivity index (χ1v) is 4.53. The van der Waals surface area contributed by atoms with Crippen molar-refractivity contribution in [2.75, 3.05) is 0 Å². The molecule has 0 bridgehead atoms. The van der Waals surface area contributed by atoms with Crippen molar-refractivity contribution in [2.24, 2.45) is 0 Å².